The standard InChI is InChI=1S/C16H16ClNO2/c1-19-16-8-12(6-7-14(16)17)18-9-11-10-20-15-5-3-2-4-13(11)15/h2-8,11,18H,9-10H2,1H3. The molecule has 4 heteroatoms. The van der Waals surface area contributed by atoms with Gasteiger partial charge in [-0.1, -0.05) is 29.8 Å². The molecule has 0 aliphatic carbocycles. The molecular formula is C16H16ClNO2. The van der Waals surface area contributed by atoms with Crippen LogP contribution >= 0.6 is 11.6 Å². The number of fused-ring (bicyclic) bond motifs is 1. The first-order valence-corrected chi connectivity index (χ1v) is 6.95. The maximum atomic E-state index is 6.02. The quantitative estimate of drug-likeness (QED) is 0.925. The van der Waals surface area contributed by atoms with Crippen molar-refractivity contribution in [1.29, 1.82) is 0 Å². The van der Waals surface area contributed by atoms with Crippen LogP contribution in [-0.4, -0.2) is 20.3 Å². The van der Waals surface area contributed by atoms with Crippen LogP contribution in [0.1, 0.15) is 11.5 Å². The van der Waals surface area contributed by atoms with Gasteiger partial charge in [0.1, 0.15) is 11.5 Å². The zero-order chi connectivity index (χ0) is 13.9. The maximum Gasteiger partial charge on any atom is 0.139 e. The lowest BCUT2D eigenvalue weighted by Gasteiger charge is -2.13. The molecular weight excluding hydrogens is 274 g/mol. The van der Waals surface area contributed by atoms with E-state index in [1.165, 1.54) is 5.56 Å². The van der Waals surface area contributed by atoms with E-state index in [2.05, 4.69) is 11.4 Å². The Hall–Kier alpha value is -1.87. The van der Waals surface area contributed by atoms with Crippen molar-refractivity contribution in [3.63, 3.8) is 0 Å². The summed E-state index contributed by atoms with van der Waals surface area (Å²) in [5.74, 6) is 2.04. The fraction of sp³-hybridized carbons (Fsp3) is 0.250. The highest BCUT2D eigenvalue weighted by Crippen LogP contribution is 2.34. The Morgan fingerprint density at radius 2 is 2.15 bits per heavy atom. The predicted molar refractivity (Wildman–Crippen MR) is 81.2 cm³/mol. The molecule has 0 amide bonds. The number of methoxy groups -OCH3 is 1. The number of halogens is 1. The number of hydrogen-bond acceptors (Lipinski definition) is 3. The molecule has 20 heavy (non-hydrogen) atoms. The van der Waals surface area contributed by atoms with Crippen molar-refractivity contribution in [3.8, 4) is 11.5 Å². The van der Waals surface area contributed by atoms with E-state index in [0.29, 0.717) is 16.7 Å². The molecule has 1 unspecified atom stereocenters. The Morgan fingerprint density at radius 3 is 3.00 bits per heavy atom. The molecule has 0 bridgehead atoms. The van der Waals surface area contributed by atoms with Crippen LogP contribution in [0.4, 0.5) is 5.69 Å². The molecule has 0 spiro atoms. The monoisotopic (exact) mass is 289 g/mol. The number of hydrogen-bond donors (Lipinski definition) is 1. The van der Waals surface area contributed by atoms with Gasteiger partial charge in [-0.25, -0.2) is 0 Å². The molecule has 1 aliphatic heterocycles. The van der Waals surface area contributed by atoms with E-state index in [4.69, 9.17) is 21.1 Å². The normalized spacial score (nSPS) is 16.4. The third-order valence-electron chi connectivity index (χ3n) is 3.50. The zero-order valence-electron chi connectivity index (χ0n) is 11.2. The summed E-state index contributed by atoms with van der Waals surface area (Å²) in [5, 5.41) is 4.03. The van der Waals surface area contributed by atoms with Crippen LogP contribution < -0.4 is 14.8 Å². The predicted octanol–water partition coefficient (Wildman–Crippen LogP) is 3.94. The summed E-state index contributed by atoms with van der Waals surface area (Å²) in [6, 6.07) is 13.9. The zero-order valence-corrected chi connectivity index (χ0v) is 12.0. The van der Waals surface area contributed by atoms with Gasteiger partial charge in [0.15, 0.2) is 0 Å². The molecule has 2 aromatic carbocycles. The Kier molecular flexibility index (Phi) is 3.70. The van der Waals surface area contributed by atoms with Gasteiger partial charge in [-0.15, -0.1) is 0 Å². The Labute approximate surface area is 123 Å². The summed E-state index contributed by atoms with van der Waals surface area (Å²) in [6.45, 7) is 1.54. The highest BCUT2D eigenvalue weighted by molar-refractivity contribution is 6.32. The fourth-order valence-electron chi connectivity index (χ4n) is 2.41. The van der Waals surface area contributed by atoms with Gasteiger partial charge in [0, 0.05) is 29.8 Å². The minimum Gasteiger partial charge on any atom is -0.495 e. The van der Waals surface area contributed by atoms with Crippen LogP contribution in [0.15, 0.2) is 42.5 Å². The minimum atomic E-state index is 0.368. The summed E-state index contributed by atoms with van der Waals surface area (Å²) in [7, 11) is 1.62. The first kappa shape index (κ1) is 13.1. The molecule has 0 saturated carbocycles. The summed E-state index contributed by atoms with van der Waals surface area (Å²) in [4.78, 5) is 0. The highest BCUT2D eigenvalue weighted by atomic mass is 35.5. The third kappa shape index (κ3) is 2.54. The van der Waals surface area contributed by atoms with Gasteiger partial charge < -0.3 is 14.8 Å². The average molecular weight is 290 g/mol. The van der Waals surface area contributed by atoms with E-state index in [0.717, 1.165) is 24.6 Å². The highest BCUT2D eigenvalue weighted by Gasteiger charge is 2.23. The molecule has 0 radical (unpaired) electrons. The third-order valence-corrected chi connectivity index (χ3v) is 3.81. The number of rotatable bonds is 4. The van der Waals surface area contributed by atoms with Gasteiger partial charge in [0.25, 0.3) is 0 Å². The lowest BCUT2D eigenvalue weighted by molar-refractivity contribution is 0.334. The van der Waals surface area contributed by atoms with Crippen molar-refractivity contribution in [2.75, 3.05) is 25.6 Å². The van der Waals surface area contributed by atoms with E-state index < -0.39 is 0 Å². The van der Waals surface area contributed by atoms with Crippen LogP contribution in [0.25, 0.3) is 0 Å². The van der Waals surface area contributed by atoms with Gasteiger partial charge >= 0.3 is 0 Å². The summed E-state index contributed by atoms with van der Waals surface area (Å²) >= 11 is 6.02. The van der Waals surface area contributed by atoms with Gasteiger partial charge in [-0.3, -0.25) is 0 Å². The van der Waals surface area contributed by atoms with Crippen LogP contribution in [0.2, 0.25) is 5.02 Å². The average Bonchev–Trinajstić information content (AvgIpc) is 2.90. The Bertz CT molecular complexity index is 615. The van der Waals surface area contributed by atoms with E-state index >= 15 is 0 Å². The first-order valence-electron chi connectivity index (χ1n) is 6.57. The Balaban J connectivity index is 1.69. The van der Waals surface area contributed by atoms with Crippen LogP contribution in [0, 0.1) is 0 Å². The number of anilines is 1. The van der Waals surface area contributed by atoms with Crippen LogP contribution in [-0.2, 0) is 0 Å². The smallest absolute Gasteiger partial charge is 0.139 e. The molecule has 1 atom stereocenters. The molecule has 0 saturated heterocycles. The molecule has 3 rings (SSSR count). The van der Waals surface area contributed by atoms with Crippen molar-refractivity contribution >= 4 is 17.3 Å². The van der Waals surface area contributed by atoms with Crippen molar-refractivity contribution in [2.24, 2.45) is 0 Å². The van der Waals surface area contributed by atoms with Crippen molar-refractivity contribution in [3.05, 3.63) is 53.1 Å². The van der Waals surface area contributed by atoms with E-state index in [-0.39, 0.29) is 0 Å². The minimum absolute atomic E-state index is 0.368. The molecule has 3 nitrogen and oxygen atoms in total. The van der Waals surface area contributed by atoms with Crippen molar-refractivity contribution < 1.29 is 9.47 Å². The first-order chi connectivity index (χ1) is 9.78. The summed E-state index contributed by atoms with van der Waals surface area (Å²) in [5.41, 5.74) is 2.26. The van der Waals surface area contributed by atoms with Crippen LogP contribution in [0.5, 0.6) is 11.5 Å². The molecule has 1 N–H and O–H groups in total. The number of benzene rings is 2. The number of nitrogens with one attached hydrogen (secondary N) is 1. The molecule has 104 valence electrons. The lowest BCUT2D eigenvalue weighted by atomic mass is 10.0. The van der Waals surface area contributed by atoms with Gasteiger partial charge in [-0.2, -0.15) is 0 Å². The van der Waals surface area contributed by atoms with E-state index in [1.54, 1.807) is 7.11 Å². The SMILES string of the molecule is COc1cc(NCC2COc3ccccc32)ccc1Cl. The topological polar surface area (TPSA) is 30.5 Å². The fourth-order valence-corrected chi connectivity index (χ4v) is 2.60. The Morgan fingerprint density at radius 1 is 1.30 bits per heavy atom. The number of ether oxygens (including phenoxy) is 2. The summed E-state index contributed by atoms with van der Waals surface area (Å²) in [6.07, 6.45) is 0. The molecule has 2 aromatic rings. The van der Waals surface area contributed by atoms with Crippen molar-refractivity contribution in [1.82, 2.24) is 0 Å². The van der Waals surface area contributed by atoms with Crippen LogP contribution in [0.3, 0.4) is 0 Å². The van der Waals surface area contributed by atoms with E-state index in [9.17, 15) is 0 Å². The second kappa shape index (κ2) is 5.63. The van der Waals surface area contributed by atoms with Gasteiger partial charge in [-0.05, 0) is 18.2 Å². The van der Waals surface area contributed by atoms with Gasteiger partial charge in [0.05, 0.1) is 18.7 Å². The van der Waals surface area contributed by atoms with E-state index in [1.807, 2.05) is 36.4 Å². The molecule has 0 aromatic heterocycles. The van der Waals surface area contributed by atoms with Crippen molar-refractivity contribution in [2.45, 2.75) is 5.92 Å². The largest absolute Gasteiger partial charge is 0.495 e. The maximum absolute atomic E-state index is 6.02. The molecule has 0 fully saturated rings. The second-order valence-electron chi connectivity index (χ2n) is 4.78. The van der Waals surface area contributed by atoms with Gasteiger partial charge in [0.2, 0.25) is 0 Å². The second-order valence-corrected chi connectivity index (χ2v) is 5.18. The molecule has 1 heterocycles. The molecule has 1 aliphatic rings. The number of para-hydroxylation sites is 1. The summed E-state index contributed by atoms with van der Waals surface area (Å²) < 4.78 is 10.9. The lowest BCUT2D eigenvalue weighted by Crippen LogP contribution is -2.13.